The summed E-state index contributed by atoms with van der Waals surface area (Å²) in [7, 11) is -1.78. The van der Waals surface area contributed by atoms with Gasteiger partial charge in [0.2, 0.25) is 9.04 Å². The minimum atomic E-state index is -1.78. The molecule has 3 nitrogen and oxygen atoms in total. The molecule has 0 spiro atoms. The SMILES string of the molecule is CC(C)(C)C1CCC(N)(CO[SiH](c2ccccc2)c2ccccc2)[C@@H](N)C1. The Bertz CT molecular complexity index is 677. The first-order valence-corrected chi connectivity index (χ1v) is 11.7. The zero-order valence-electron chi connectivity index (χ0n) is 16.9. The Hall–Kier alpha value is -1.46. The van der Waals surface area contributed by atoms with Crippen LogP contribution in [0.3, 0.4) is 0 Å². The standard InChI is InChI=1S/C23H34N2OSi/c1-22(2,3)18-14-15-23(25,21(24)16-18)17-26-27(19-10-6-4-7-11-19)20-12-8-5-9-13-20/h4-13,18,21,27H,14-17,24-25H2,1-3H3/t18?,21-,23?/m0/s1. The van der Waals surface area contributed by atoms with Crippen LogP contribution < -0.4 is 21.8 Å². The van der Waals surface area contributed by atoms with Crippen molar-refractivity contribution in [3.8, 4) is 0 Å². The highest BCUT2D eigenvalue weighted by Gasteiger charge is 2.42. The maximum atomic E-state index is 6.78. The summed E-state index contributed by atoms with van der Waals surface area (Å²) in [6.45, 7) is 7.44. The second-order valence-corrected chi connectivity index (χ2v) is 11.6. The van der Waals surface area contributed by atoms with Crippen molar-refractivity contribution in [2.45, 2.75) is 51.6 Å². The molecule has 1 saturated carbocycles. The van der Waals surface area contributed by atoms with Crippen LogP contribution in [0.1, 0.15) is 40.0 Å². The van der Waals surface area contributed by atoms with Gasteiger partial charge in [0.15, 0.2) is 0 Å². The van der Waals surface area contributed by atoms with Crippen molar-refractivity contribution in [1.29, 1.82) is 0 Å². The molecule has 0 aromatic heterocycles. The van der Waals surface area contributed by atoms with Crippen LogP contribution in [0.2, 0.25) is 0 Å². The van der Waals surface area contributed by atoms with Crippen LogP contribution in [0, 0.1) is 11.3 Å². The molecule has 0 bridgehead atoms. The Labute approximate surface area is 165 Å². The van der Waals surface area contributed by atoms with Crippen LogP contribution in [0.5, 0.6) is 0 Å². The van der Waals surface area contributed by atoms with Crippen molar-refractivity contribution in [3.05, 3.63) is 60.7 Å². The molecule has 2 aromatic carbocycles. The molecule has 3 rings (SSSR count). The summed E-state index contributed by atoms with van der Waals surface area (Å²) in [6, 6.07) is 21.1. The molecular formula is C23H34N2OSi. The van der Waals surface area contributed by atoms with E-state index in [2.05, 4.69) is 69.3 Å². The van der Waals surface area contributed by atoms with E-state index in [0.29, 0.717) is 12.5 Å². The molecule has 0 aliphatic heterocycles. The fraction of sp³-hybridized carbons (Fsp3) is 0.478. The molecule has 0 heterocycles. The van der Waals surface area contributed by atoms with Crippen LogP contribution in [0.25, 0.3) is 0 Å². The van der Waals surface area contributed by atoms with E-state index in [4.69, 9.17) is 15.9 Å². The third-order valence-corrected chi connectivity index (χ3v) is 8.66. The van der Waals surface area contributed by atoms with Gasteiger partial charge < -0.3 is 15.9 Å². The first-order chi connectivity index (χ1) is 12.8. The van der Waals surface area contributed by atoms with Crippen molar-refractivity contribution in [1.82, 2.24) is 0 Å². The van der Waals surface area contributed by atoms with Gasteiger partial charge in [-0.2, -0.15) is 0 Å². The number of rotatable bonds is 5. The van der Waals surface area contributed by atoms with E-state index in [1.165, 1.54) is 10.4 Å². The molecule has 2 aromatic rings. The van der Waals surface area contributed by atoms with Crippen LogP contribution in [0.15, 0.2) is 60.7 Å². The number of hydrogen-bond donors (Lipinski definition) is 2. The van der Waals surface area contributed by atoms with Crippen LogP contribution in [-0.2, 0) is 4.43 Å². The molecule has 4 heteroatoms. The van der Waals surface area contributed by atoms with Crippen LogP contribution in [0.4, 0.5) is 0 Å². The number of nitrogens with two attached hydrogens (primary N) is 2. The lowest BCUT2D eigenvalue weighted by molar-refractivity contribution is 0.0833. The molecule has 1 fully saturated rings. The molecule has 0 radical (unpaired) electrons. The van der Waals surface area contributed by atoms with Crippen molar-refractivity contribution in [2.24, 2.45) is 22.8 Å². The van der Waals surface area contributed by atoms with Crippen molar-refractivity contribution >= 4 is 19.4 Å². The number of hydrogen-bond acceptors (Lipinski definition) is 3. The average molecular weight is 383 g/mol. The van der Waals surface area contributed by atoms with E-state index in [9.17, 15) is 0 Å². The second kappa shape index (κ2) is 8.27. The van der Waals surface area contributed by atoms with Gasteiger partial charge in [0.05, 0.1) is 12.1 Å². The summed E-state index contributed by atoms with van der Waals surface area (Å²) < 4.78 is 6.58. The molecule has 27 heavy (non-hydrogen) atoms. The molecule has 146 valence electrons. The van der Waals surface area contributed by atoms with E-state index < -0.39 is 14.6 Å². The van der Waals surface area contributed by atoms with E-state index in [-0.39, 0.29) is 11.5 Å². The second-order valence-electron chi connectivity index (χ2n) is 9.19. The monoisotopic (exact) mass is 382 g/mol. The van der Waals surface area contributed by atoms with Gasteiger partial charge in [-0.3, -0.25) is 0 Å². The molecule has 3 atom stereocenters. The Morgan fingerprint density at radius 1 is 1.00 bits per heavy atom. The zero-order chi connectivity index (χ0) is 19.5. The quantitative estimate of drug-likeness (QED) is 0.781. The minimum Gasteiger partial charge on any atom is -0.409 e. The highest BCUT2D eigenvalue weighted by atomic mass is 28.3. The summed E-state index contributed by atoms with van der Waals surface area (Å²) >= 11 is 0. The fourth-order valence-corrected chi connectivity index (χ4v) is 6.52. The lowest BCUT2D eigenvalue weighted by Crippen LogP contribution is -2.63. The van der Waals surface area contributed by atoms with Gasteiger partial charge in [-0.05, 0) is 41.0 Å². The van der Waals surface area contributed by atoms with Gasteiger partial charge in [-0.25, -0.2) is 0 Å². The van der Waals surface area contributed by atoms with Gasteiger partial charge in [-0.1, -0.05) is 81.4 Å². The lowest BCUT2D eigenvalue weighted by atomic mass is 9.66. The van der Waals surface area contributed by atoms with Gasteiger partial charge in [0.25, 0.3) is 0 Å². The predicted molar refractivity (Wildman–Crippen MR) is 117 cm³/mol. The normalized spacial score (nSPS) is 26.3. The lowest BCUT2D eigenvalue weighted by Gasteiger charge is -2.46. The summed E-state index contributed by atoms with van der Waals surface area (Å²) in [5.74, 6) is 0.625. The van der Waals surface area contributed by atoms with Crippen LogP contribution in [-0.4, -0.2) is 27.2 Å². The van der Waals surface area contributed by atoms with Gasteiger partial charge in [0, 0.05) is 6.04 Å². The van der Waals surface area contributed by atoms with E-state index in [1.54, 1.807) is 0 Å². The first kappa shape index (κ1) is 20.3. The summed E-state index contributed by atoms with van der Waals surface area (Å²) in [6.07, 6.45) is 3.03. The molecule has 4 N–H and O–H groups in total. The first-order valence-electron chi connectivity index (χ1n) is 10.1. The maximum absolute atomic E-state index is 6.78. The summed E-state index contributed by atoms with van der Waals surface area (Å²) in [5.41, 5.74) is 13.2. The highest BCUT2D eigenvalue weighted by Crippen LogP contribution is 2.40. The largest absolute Gasteiger partial charge is 0.409 e. The zero-order valence-corrected chi connectivity index (χ0v) is 18.1. The Balaban J connectivity index is 1.74. The van der Waals surface area contributed by atoms with Gasteiger partial charge in [-0.15, -0.1) is 0 Å². The molecular weight excluding hydrogens is 348 g/mol. The summed E-state index contributed by atoms with van der Waals surface area (Å²) in [5, 5.41) is 2.56. The van der Waals surface area contributed by atoms with Gasteiger partial charge in [0.1, 0.15) is 0 Å². The van der Waals surface area contributed by atoms with Crippen LogP contribution >= 0.6 is 0 Å². The molecule has 0 amide bonds. The van der Waals surface area contributed by atoms with Crippen molar-refractivity contribution in [3.63, 3.8) is 0 Å². The Kier molecular flexibility index (Phi) is 6.21. The highest BCUT2D eigenvalue weighted by molar-refractivity contribution is 6.80. The third kappa shape index (κ3) is 4.88. The Morgan fingerprint density at radius 2 is 1.52 bits per heavy atom. The predicted octanol–water partition coefficient (Wildman–Crippen LogP) is 2.41. The molecule has 1 aliphatic rings. The number of benzene rings is 2. The van der Waals surface area contributed by atoms with Crippen molar-refractivity contribution in [2.75, 3.05) is 6.61 Å². The average Bonchev–Trinajstić information content (AvgIpc) is 2.65. The third-order valence-electron chi connectivity index (χ3n) is 6.18. The van der Waals surface area contributed by atoms with E-state index >= 15 is 0 Å². The minimum absolute atomic E-state index is 0.0170. The smallest absolute Gasteiger partial charge is 0.239 e. The van der Waals surface area contributed by atoms with Gasteiger partial charge >= 0.3 is 0 Å². The maximum Gasteiger partial charge on any atom is 0.239 e. The Morgan fingerprint density at radius 3 is 1.96 bits per heavy atom. The van der Waals surface area contributed by atoms with Crippen molar-refractivity contribution < 1.29 is 4.43 Å². The van der Waals surface area contributed by atoms with E-state index in [0.717, 1.165) is 19.3 Å². The summed E-state index contributed by atoms with van der Waals surface area (Å²) in [4.78, 5) is 0. The molecule has 2 unspecified atom stereocenters. The molecule has 1 aliphatic carbocycles. The molecule has 0 saturated heterocycles. The fourth-order valence-electron chi connectivity index (χ4n) is 4.13. The van der Waals surface area contributed by atoms with E-state index in [1.807, 2.05) is 12.1 Å². The topological polar surface area (TPSA) is 61.3 Å².